The van der Waals surface area contributed by atoms with Crippen molar-refractivity contribution < 1.29 is 0 Å². The van der Waals surface area contributed by atoms with Crippen LogP contribution in [-0.4, -0.2) is 13.6 Å². The highest BCUT2D eigenvalue weighted by molar-refractivity contribution is 5.54. The third-order valence-corrected chi connectivity index (χ3v) is 2.50. The second kappa shape index (κ2) is 4.14. The molecule has 1 heteroatoms. The summed E-state index contributed by atoms with van der Waals surface area (Å²) in [7, 11) is 2.13. The molecule has 0 aliphatic carbocycles. The minimum Gasteiger partial charge on any atom is -0.371 e. The van der Waals surface area contributed by atoms with Gasteiger partial charge in [-0.05, 0) is 18.1 Å². The lowest BCUT2D eigenvalue weighted by atomic mass is 10.1. The summed E-state index contributed by atoms with van der Waals surface area (Å²) in [5, 5.41) is 0. The van der Waals surface area contributed by atoms with Gasteiger partial charge in [0.1, 0.15) is 0 Å². The first kappa shape index (κ1) is 9.07. The first-order chi connectivity index (χ1) is 6.88. The van der Waals surface area contributed by atoms with Gasteiger partial charge in [0.25, 0.3) is 0 Å². The number of hydrogen-bond acceptors (Lipinski definition) is 1. The highest BCUT2D eigenvalue weighted by atomic mass is 15.1. The summed E-state index contributed by atoms with van der Waals surface area (Å²) < 4.78 is 0. The summed E-state index contributed by atoms with van der Waals surface area (Å²) >= 11 is 0. The van der Waals surface area contributed by atoms with E-state index in [-0.39, 0.29) is 0 Å². The SMILES string of the molecule is CN1C/C=C\C=C/Cc2ccccc21. The summed E-state index contributed by atoms with van der Waals surface area (Å²) in [6.07, 6.45) is 9.64. The number of nitrogens with zero attached hydrogens (tertiary/aromatic N) is 1. The second-order valence-corrected chi connectivity index (χ2v) is 3.57. The Labute approximate surface area is 85.4 Å². The molecule has 72 valence electrons. The van der Waals surface area contributed by atoms with Crippen molar-refractivity contribution >= 4 is 5.69 Å². The van der Waals surface area contributed by atoms with Crippen LogP contribution in [0.5, 0.6) is 0 Å². The molecule has 0 aromatic heterocycles. The van der Waals surface area contributed by atoms with Crippen molar-refractivity contribution in [3.05, 3.63) is 54.1 Å². The fourth-order valence-electron chi connectivity index (χ4n) is 1.73. The van der Waals surface area contributed by atoms with Gasteiger partial charge in [-0.25, -0.2) is 0 Å². The molecule has 0 fully saturated rings. The minimum absolute atomic E-state index is 0.974. The quantitative estimate of drug-likeness (QED) is 0.600. The van der Waals surface area contributed by atoms with Crippen molar-refractivity contribution in [1.82, 2.24) is 0 Å². The molecule has 0 spiro atoms. The van der Waals surface area contributed by atoms with E-state index in [4.69, 9.17) is 0 Å². The topological polar surface area (TPSA) is 3.24 Å². The molecule has 2 rings (SSSR count). The van der Waals surface area contributed by atoms with Crippen LogP contribution in [0.3, 0.4) is 0 Å². The van der Waals surface area contributed by atoms with E-state index in [1.165, 1.54) is 11.3 Å². The van der Waals surface area contributed by atoms with Crippen LogP contribution < -0.4 is 4.90 Å². The van der Waals surface area contributed by atoms with Gasteiger partial charge in [-0.2, -0.15) is 0 Å². The number of likely N-dealkylation sites (N-methyl/N-ethyl adjacent to an activating group) is 1. The van der Waals surface area contributed by atoms with E-state index < -0.39 is 0 Å². The van der Waals surface area contributed by atoms with Crippen molar-refractivity contribution in [3.8, 4) is 0 Å². The van der Waals surface area contributed by atoms with E-state index in [1.807, 2.05) is 0 Å². The van der Waals surface area contributed by atoms with Crippen molar-refractivity contribution in [1.29, 1.82) is 0 Å². The van der Waals surface area contributed by atoms with Gasteiger partial charge in [0, 0.05) is 19.3 Å². The average Bonchev–Trinajstić information content (AvgIpc) is 2.30. The first-order valence-electron chi connectivity index (χ1n) is 4.98. The van der Waals surface area contributed by atoms with Crippen LogP contribution in [0.25, 0.3) is 0 Å². The Hall–Kier alpha value is -1.50. The zero-order valence-corrected chi connectivity index (χ0v) is 8.48. The van der Waals surface area contributed by atoms with Crippen LogP contribution in [0.2, 0.25) is 0 Å². The Morgan fingerprint density at radius 2 is 1.86 bits per heavy atom. The third kappa shape index (κ3) is 1.87. The predicted octanol–water partition coefficient (Wildman–Crippen LogP) is 2.79. The van der Waals surface area contributed by atoms with Crippen molar-refractivity contribution in [2.24, 2.45) is 0 Å². The summed E-state index contributed by atoms with van der Waals surface area (Å²) in [4.78, 5) is 2.28. The van der Waals surface area contributed by atoms with Gasteiger partial charge in [-0.3, -0.25) is 0 Å². The summed E-state index contributed by atoms with van der Waals surface area (Å²) in [6.45, 7) is 0.974. The Morgan fingerprint density at radius 1 is 1.07 bits per heavy atom. The van der Waals surface area contributed by atoms with Crippen molar-refractivity contribution in [3.63, 3.8) is 0 Å². The monoisotopic (exact) mass is 185 g/mol. The van der Waals surface area contributed by atoms with Crippen LogP contribution in [0, 0.1) is 0 Å². The van der Waals surface area contributed by atoms with Crippen LogP contribution in [0.4, 0.5) is 5.69 Å². The Balaban J connectivity index is 2.39. The molecule has 0 saturated heterocycles. The van der Waals surface area contributed by atoms with E-state index in [1.54, 1.807) is 0 Å². The fourth-order valence-corrected chi connectivity index (χ4v) is 1.73. The highest BCUT2D eigenvalue weighted by Crippen LogP contribution is 2.20. The number of rotatable bonds is 0. The lowest BCUT2D eigenvalue weighted by Crippen LogP contribution is -2.17. The molecule has 1 aromatic carbocycles. The molecule has 1 aliphatic heterocycles. The lowest BCUT2D eigenvalue weighted by Gasteiger charge is -2.20. The molecule has 1 aromatic rings. The molecule has 1 heterocycles. The molecule has 0 N–H and O–H groups in total. The second-order valence-electron chi connectivity index (χ2n) is 3.57. The van der Waals surface area contributed by atoms with Gasteiger partial charge >= 0.3 is 0 Å². The minimum atomic E-state index is 0.974. The van der Waals surface area contributed by atoms with Gasteiger partial charge in [0.2, 0.25) is 0 Å². The Bertz CT molecular complexity index is 363. The average molecular weight is 185 g/mol. The zero-order valence-electron chi connectivity index (χ0n) is 8.48. The number of fused-ring (bicyclic) bond motifs is 1. The molecule has 0 unspecified atom stereocenters. The van der Waals surface area contributed by atoms with E-state index in [0.29, 0.717) is 0 Å². The first-order valence-corrected chi connectivity index (χ1v) is 4.98. The molecule has 0 atom stereocenters. The molecular weight excluding hydrogens is 170 g/mol. The van der Waals surface area contributed by atoms with E-state index >= 15 is 0 Å². The predicted molar refractivity (Wildman–Crippen MR) is 61.7 cm³/mol. The molecule has 1 aliphatic rings. The molecule has 0 saturated carbocycles. The molecular formula is C13H15N. The van der Waals surface area contributed by atoms with Gasteiger partial charge in [0.05, 0.1) is 0 Å². The number of benzene rings is 1. The van der Waals surface area contributed by atoms with Gasteiger partial charge in [-0.15, -0.1) is 0 Å². The third-order valence-electron chi connectivity index (χ3n) is 2.50. The van der Waals surface area contributed by atoms with Crippen LogP contribution in [0.1, 0.15) is 5.56 Å². The van der Waals surface area contributed by atoms with E-state index in [2.05, 4.69) is 60.5 Å². The van der Waals surface area contributed by atoms with E-state index in [0.717, 1.165) is 13.0 Å². The van der Waals surface area contributed by atoms with Crippen molar-refractivity contribution in [2.75, 3.05) is 18.5 Å². The molecule has 0 bridgehead atoms. The maximum absolute atomic E-state index is 2.28. The van der Waals surface area contributed by atoms with Crippen LogP contribution in [0.15, 0.2) is 48.6 Å². The molecule has 14 heavy (non-hydrogen) atoms. The van der Waals surface area contributed by atoms with Gasteiger partial charge in [-0.1, -0.05) is 42.5 Å². The fraction of sp³-hybridized carbons (Fsp3) is 0.231. The molecule has 0 amide bonds. The standard InChI is InChI=1S/C13H15N/c1-14-11-7-3-2-4-8-12-9-5-6-10-13(12)14/h2-7,9-10H,8,11H2,1H3/b4-2-,7-3-. The number of allylic oxidation sites excluding steroid dienone is 3. The van der Waals surface area contributed by atoms with E-state index in [9.17, 15) is 0 Å². The highest BCUT2D eigenvalue weighted by Gasteiger charge is 2.04. The lowest BCUT2D eigenvalue weighted by molar-refractivity contribution is 1.01. The normalized spacial score (nSPS) is 20.2. The zero-order chi connectivity index (χ0) is 9.80. The Kier molecular flexibility index (Phi) is 2.68. The molecule has 0 radical (unpaired) electrons. The van der Waals surface area contributed by atoms with Gasteiger partial charge in [0.15, 0.2) is 0 Å². The summed E-state index contributed by atoms with van der Waals surface area (Å²) in [6, 6.07) is 8.58. The maximum Gasteiger partial charge on any atom is 0.0402 e. The van der Waals surface area contributed by atoms with Crippen molar-refractivity contribution in [2.45, 2.75) is 6.42 Å². The molecule has 1 nitrogen and oxygen atoms in total. The number of anilines is 1. The van der Waals surface area contributed by atoms with Crippen LogP contribution >= 0.6 is 0 Å². The van der Waals surface area contributed by atoms with Gasteiger partial charge < -0.3 is 4.90 Å². The Morgan fingerprint density at radius 3 is 2.79 bits per heavy atom. The maximum atomic E-state index is 2.28. The number of hydrogen-bond donors (Lipinski definition) is 0. The summed E-state index contributed by atoms with van der Waals surface area (Å²) in [5.74, 6) is 0. The largest absolute Gasteiger partial charge is 0.371 e. The smallest absolute Gasteiger partial charge is 0.0402 e. The van der Waals surface area contributed by atoms with Crippen LogP contribution in [-0.2, 0) is 6.42 Å². The summed E-state index contributed by atoms with van der Waals surface area (Å²) in [5.41, 5.74) is 2.73. The number of para-hydroxylation sites is 1.